The molecule has 0 spiro atoms. The third kappa shape index (κ3) is 5.73. The van der Waals surface area contributed by atoms with Crippen LogP contribution in [0.1, 0.15) is 13.8 Å². The highest BCUT2D eigenvalue weighted by Gasteiger charge is 2.27. The minimum atomic E-state index is -0.549. The van der Waals surface area contributed by atoms with E-state index in [1.54, 1.807) is 24.0 Å². The third-order valence-electron chi connectivity index (χ3n) is 3.65. The largest absolute Gasteiger partial charge is 0.484 e. The summed E-state index contributed by atoms with van der Waals surface area (Å²) in [5.74, 6) is 0.280. The molecule has 0 saturated carbocycles. The summed E-state index contributed by atoms with van der Waals surface area (Å²) in [7, 11) is 0. The Hall–Kier alpha value is -1.79. The average Bonchev–Trinajstić information content (AvgIpc) is 2.53. The van der Waals surface area contributed by atoms with Crippen molar-refractivity contribution in [2.24, 2.45) is 0 Å². The first-order valence-electron chi connectivity index (χ1n) is 7.56. The van der Waals surface area contributed by atoms with E-state index in [-0.39, 0.29) is 36.9 Å². The van der Waals surface area contributed by atoms with E-state index in [9.17, 15) is 9.59 Å². The highest BCUT2D eigenvalue weighted by molar-refractivity contribution is 5.88. The van der Waals surface area contributed by atoms with Crippen molar-refractivity contribution in [2.45, 2.75) is 25.9 Å². The lowest BCUT2D eigenvalue weighted by Crippen LogP contribution is -2.57. The number of halogens is 1. The topological polar surface area (TPSA) is 70.7 Å². The fraction of sp³-hybridized carbons (Fsp3) is 0.500. The monoisotopic (exact) mass is 341 g/mol. The van der Waals surface area contributed by atoms with Crippen molar-refractivity contribution in [3.05, 3.63) is 30.3 Å². The Balaban J connectivity index is 0.00000264. The molecular weight excluding hydrogens is 318 g/mol. The van der Waals surface area contributed by atoms with Gasteiger partial charge in [-0.05, 0) is 26.0 Å². The molecule has 7 heteroatoms. The second-order valence-electron chi connectivity index (χ2n) is 5.48. The average molecular weight is 342 g/mol. The Bertz CT molecular complexity index is 513. The van der Waals surface area contributed by atoms with Gasteiger partial charge in [-0.3, -0.25) is 9.59 Å². The first kappa shape index (κ1) is 19.3. The van der Waals surface area contributed by atoms with E-state index in [1.165, 1.54) is 0 Å². The molecule has 0 radical (unpaired) electrons. The molecule has 2 amide bonds. The minimum Gasteiger partial charge on any atom is -0.484 e. The van der Waals surface area contributed by atoms with E-state index in [2.05, 4.69) is 10.6 Å². The first-order valence-corrected chi connectivity index (χ1v) is 7.56. The Morgan fingerprint density at radius 1 is 1.39 bits per heavy atom. The van der Waals surface area contributed by atoms with Gasteiger partial charge in [0.1, 0.15) is 11.8 Å². The molecule has 2 atom stereocenters. The predicted molar refractivity (Wildman–Crippen MR) is 90.8 cm³/mol. The summed E-state index contributed by atoms with van der Waals surface area (Å²) in [4.78, 5) is 26.0. The Kier molecular flexibility index (Phi) is 7.85. The molecule has 0 aliphatic carbocycles. The van der Waals surface area contributed by atoms with Gasteiger partial charge >= 0.3 is 0 Å². The van der Waals surface area contributed by atoms with Crippen LogP contribution in [0.2, 0.25) is 0 Å². The molecule has 6 nitrogen and oxygen atoms in total. The lowest BCUT2D eigenvalue weighted by molar-refractivity contribution is -0.138. The van der Waals surface area contributed by atoms with Crippen molar-refractivity contribution in [3.8, 4) is 5.75 Å². The molecule has 2 rings (SSSR count). The SMILES string of the molecule is CC(NC(=O)COc1ccccc1)C(=O)N1CCNC[C@H]1C.Cl. The normalized spacial score (nSPS) is 18.5. The van der Waals surface area contributed by atoms with Gasteiger partial charge in [0, 0.05) is 25.7 Å². The fourth-order valence-corrected chi connectivity index (χ4v) is 2.43. The molecule has 1 aliphatic rings. The number of carbonyl (C=O) groups excluding carboxylic acids is 2. The maximum atomic E-state index is 12.4. The molecule has 1 aliphatic heterocycles. The zero-order valence-electron chi connectivity index (χ0n) is 13.5. The van der Waals surface area contributed by atoms with Crippen LogP contribution < -0.4 is 15.4 Å². The number of nitrogens with one attached hydrogen (secondary N) is 2. The predicted octanol–water partition coefficient (Wildman–Crippen LogP) is 0.812. The Labute approximate surface area is 143 Å². The van der Waals surface area contributed by atoms with Crippen molar-refractivity contribution >= 4 is 24.2 Å². The van der Waals surface area contributed by atoms with Gasteiger partial charge in [0.2, 0.25) is 5.91 Å². The van der Waals surface area contributed by atoms with Crippen molar-refractivity contribution in [2.75, 3.05) is 26.2 Å². The summed E-state index contributed by atoms with van der Waals surface area (Å²) in [6, 6.07) is 8.71. The van der Waals surface area contributed by atoms with E-state index < -0.39 is 6.04 Å². The van der Waals surface area contributed by atoms with E-state index in [0.717, 1.165) is 13.1 Å². The van der Waals surface area contributed by atoms with Gasteiger partial charge in [0.15, 0.2) is 6.61 Å². The number of para-hydroxylation sites is 1. The first-order chi connectivity index (χ1) is 10.6. The number of carbonyl (C=O) groups is 2. The summed E-state index contributed by atoms with van der Waals surface area (Å²) in [6.07, 6.45) is 0. The van der Waals surface area contributed by atoms with Crippen LogP contribution in [-0.2, 0) is 9.59 Å². The molecule has 1 fully saturated rings. The minimum absolute atomic E-state index is 0. The molecule has 1 saturated heterocycles. The number of amides is 2. The maximum Gasteiger partial charge on any atom is 0.258 e. The van der Waals surface area contributed by atoms with Crippen LogP contribution in [0, 0.1) is 0 Å². The van der Waals surface area contributed by atoms with Crippen molar-refractivity contribution < 1.29 is 14.3 Å². The lowest BCUT2D eigenvalue weighted by Gasteiger charge is -2.35. The molecule has 0 bridgehead atoms. The molecule has 128 valence electrons. The molecule has 1 aromatic carbocycles. The van der Waals surface area contributed by atoms with Crippen LogP contribution in [0.4, 0.5) is 0 Å². The van der Waals surface area contributed by atoms with E-state index in [4.69, 9.17) is 4.74 Å². The summed E-state index contributed by atoms with van der Waals surface area (Å²) in [6.45, 7) is 5.84. The quantitative estimate of drug-likeness (QED) is 0.831. The van der Waals surface area contributed by atoms with Crippen LogP contribution in [-0.4, -0.2) is 55.0 Å². The smallest absolute Gasteiger partial charge is 0.258 e. The van der Waals surface area contributed by atoms with Crippen molar-refractivity contribution in [1.82, 2.24) is 15.5 Å². The second kappa shape index (κ2) is 9.37. The van der Waals surface area contributed by atoms with Crippen LogP contribution in [0.5, 0.6) is 5.75 Å². The molecule has 0 aromatic heterocycles. The summed E-state index contributed by atoms with van der Waals surface area (Å²) in [5, 5.41) is 5.93. The summed E-state index contributed by atoms with van der Waals surface area (Å²) < 4.78 is 5.37. The number of hydrogen-bond donors (Lipinski definition) is 2. The number of ether oxygens (including phenoxy) is 1. The second-order valence-corrected chi connectivity index (χ2v) is 5.48. The van der Waals surface area contributed by atoms with E-state index in [1.807, 2.05) is 25.1 Å². The maximum absolute atomic E-state index is 12.4. The molecule has 2 N–H and O–H groups in total. The van der Waals surface area contributed by atoms with Gasteiger partial charge < -0.3 is 20.3 Å². The number of hydrogen-bond acceptors (Lipinski definition) is 4. The summed E-state index contributed by atoms with van der Waals surface area (Å²) >= 11 is 0. The number of nitrogens with zero attached hydrogens (tertiary/aromatic N) is 1. The van der Waals surface area contributed by atoms with E-state index >= 15 is 0 Å². The van der Waals surface area contributed by atoms with Crippen LogP contribution in [0.25, 0.3) is 0 Å². The molecule has 1 unspecified atom stereocenters. The van der Waals surface area contributed by atoms with Crippen LogP contribution >= 0.6 is 12.4 Å². The van der Waals surface area contributed by atoms with Gasteiger partial charge in [-0.25, -0.2) is 0 Å². The standard InChI is InChI=1S/C16H23N3O3.ClH/c1-12-10-17-8-9-19(12)16(21)13(2)18-15(20)11-22-14-6-4-3-5-7-14;/h3-7,12-13,17H,8-11H2,1-2H3,(H,18,20);1H/t12-,13?;/m1./s1. The van der Waals surface area contributed by atoms with Crippen LogP contribution in [0.15, 0.2) is 30.3 Å². The molecule has 1 aromatic rings. The zero-order valence-corrected chi connectivity index (χ0v) is 14.3. The van der Waals surface area contributed by atoms with Gasteiger partial charge in [0.05, 0.1) is 0 Å². The number of piperazine rings is 1. The highest BCUT2D eigenvalue weighted by Crippen LogP contribution is 2.08. The molecule has 1 heterocycles. The Morgan fingerprint density at radius 2 is 2.09 bits per heavy atom. The number of rotatable bonds is 5. The van der Waals surface area contributed by atoms with E-state index in [0.29, 0.717) is 12.3 Å². The third-order valence-corrected chi connectivity index (χ3v) is 3.65. The van der Waals surface area contributed by atoms with Crippen molar-refractivity contribution in [1.29, 1.82) is 0 Å². The van der Waals surface area contributed by atoms with Crippen molar-refractivity contribution in [3.63, 3.8) is 0 Å². The fourth-order valence-electron chi connectivity index (χ4n) is 2.43. The van der Waals surface area contributed by atoms with Gasteiger partial charge in [-0.15, -0.1) is 12.4 Å². The zero-order chi connectivity index (χ0) is 15.9. The lowest BCUT2D eigenvalue weighted by atomic mass is 10.1. The highest BCUT2D eigenvalue weighted by atomic mass is 35.5. The van der Waals surface area contributed by atoms with Gasteiger partial charge in [0.25, 0.3) is 5.91 Å². The summed E-state index contributed by atoms with van der Waals surface area (Å²) in [5.41, 5.74) is 0. The molecule has 23 heavy (non-hydrogen) atoms. The van der Waals surface area contributed by atoms with Gasteiger partial charge in [-0.1, -0.05) is 18.2 Å². The van der Waals surface area contributed by atoms with Crippen LogP contribution in [0.3, 0.4) is 0 Å². The molecular formula is C16H24ClN3O3. The number of benzene rings is 1. The van der Waals surface area contributed by atoms with Gasteiger partial charge in [-0.2, -0.15) is 0 Å². The Morgan fingerprint density at radius 3 is 2.74 bits per heavy atom.